The summed E-state index contributed by atoms with van der Waals surface area (Å²) in [5, 5.41) is 11.7. The fourth-order valence-electron chi connectivity index (χ4n) is 2.09. The Morgan fingerprint density at radius 1 is 1.39 bits per heavy atom. The molecule has 1 aliphatic heterocycles. The Morgan fingerprint density at radius 3 is 2.67 bits per heavy atom. The van der Waals surface area contributed by atoms with Gasteiger partial charge in [-0.05, 0) is 38.3 Å². The van der Waals surface area contributed by atoms with Crippen molar-refractivity contribution in [2.75, 3.05) is 23.3 Å². The zero-order valence-electron chi connectivity index (χ0n) is 10.6. The zero-order chi connectivity index (χ0) is 13.0. The summed E-state index contributed by atoms with van der Waals surface area (Å²) >= 11 is 0. The number of nitrogens with one attached hydrogen (secondary N) is 1. The number of pyridine rings is 1. The van der Waals surface area contributed by atoms with Gasteiger partial charge in [-0.15, -0.1) is 0 Å². The Kier molecular flexibility index (Phi) is 4.02. The highest BCUT2D eigenvalue weighted by Gasteiger charge is 2.13. The summed E-state index contributed by atoms with van der Waals surface area (Å²) in [6.45, 7) is 3.73. The van der Waals surface area contributed by atoms with Gasteiger partial charge in [0.2, 0.25) is 0 Å². The number of hydrogen-bond donors (Lipinski definition) is 2. The highest BCUT2D eigenvalue weighted by atomic mass is 16.4. The molecule has 0 radical (unpaired) electrons. The molecule has 1 unspecified atom stereocenters. The van der Waals surface area contributed by atoms with Crippen LogP contribution in [0.1, 0.15) is 26.2 Å². The molecule has 1 aromatic rings. The van der Waals surface area contributed by atoms with Gasteiger partial charge in [0.1, 0.15) is 11.9 Å². The summed E-state index contributed by atoms with van der Waals surface area (Å²) in [7, 11) is 0. The summed E-state index contributed by atoms with van der Waals surface area (Å²) in [6.07, 6.45) is 5.44. The van der Waals surface area contributed by atoms with Gasteiger partial charge in [0.15, 0.2) is 0 Å². The van der Waals surface area contributed by atoms with E-state index in [4.69, 9.17) is 5.11 Å². The Morgan fingerprint density at radius 2 is 2.11 bits per heavy atom. The van der Waals surface area contributed by atoms with Crippen molar-refractivity contribution in [1.29, 1.82) is 0 Å². The van der Waals surface area contributed by atoms with Crippen molar-refractivity contribution in [3.05, 3.63) is 18.3 Å². The van der Waals surface area contributed by atoms with Crippen LogP contribution in [0.2, 0.25) is 0 Å². The minimum Gasteiger partial charge on any atom is -0.480 e. The van der Waals surface area contributed by atoms with Crippen LogP contribution in [0.25, 0.3) is 0 Å². The van der Waals surface area contributed by atoms with Crippen molar-refractivity contribution < 1.29 is 9.90 Å². The van der Waals surface area contributed by atoms with E-state index in [0.717, 1.165) is 24.6 Å². The van der Waals surface area contributed by atoms with Gasteiger partial charge in [-0.3, -0.25) is 4.79 Å². The fourth-order valence-corrected chi connectivity index (χ4v) is 2.09. The minimum absolute atomic E-state index is 0.604. The van der Waals surface area contributed by atoms with Gasteiger partial charge in [0.05, 0.1) is 11.9 Å². The number of hydrogen-bond acceptors (Lipinski definition) is 4. The van der Waals surface area contributed by atoms with Gasteiger partial charge in [-0.2, -0.15) is 0 Å². The Hall–Kier alpha value is -1.78. The van der Waals surface area contributed by atoms with E-state index >= 15 is 0 Å². The van der Waals surface area contributed by atoms with E-state index < -0.39 is 12.0 Å². The molecule has 0 aromatic carbocycles. The number of carboxylic acid groups (broad SMARTS) is 1. The van der Waals surface area contributed by atoms with Gasteiger partial charge in [0.25, 0.3) is 0 Å². The summed E-state index contributed by atoms with van der Waals surface area (Å²) < 4.78 is 0. The zero-order valence-corrected chi connectivity index (χ0v) is 10.6. The molecule has 2 rings (SSSR count). The van der Waals surface area contributed by atoms with Gasteiger partial charge in [-0.25, -0.2) is 4.98 Å². The predicted molar refractivity (Wildman–Crippen MR) is 71.0 cm³/mol. The van der Waals surface area contributed by atoms with E-state index in [1.807, 2.05) is 12.1 Å². The van der Waals surface area contributed by atoms with Crippen LogP contribution in [0.3, 0.4) is 0 Å². The molecular formula is C13H19N3O2. The Labute approximate surface area is 107 Å². The van der Waals surface area contributed by atoms with Gasteiger partial charge >= 0.3 is 5.97 Å². The maximum atomic E-state index is 10.7. The molecule has 1 atom stereocenters. The molecule has 0 amide bonds. The van der Waals surface area contributed by atoms with E-state index in [9.17, 15) is 4.79 Å². The van der Waals surface area contributed by atoms with Gasteiger partial charge in [0, 0.05) is 13.1 Å². The number of nitrogens with zero attached hydrogens (tertiary/aromatic N) is 2. The fraction of sp³-hybridized carbons (Fsp3) is 0.538. The molecule has 0 aliphatic carbocycles. The third-order valence-corrected chi connectivity index (χ3v) is 3.18. The van der Waals surface area contributed by atoms with Gasteiger partial charge < -0.3 is 15.3 Å². The average molecular weight is 249 g/mol. The molecule has 1 aliphatic rings. The normalized spacial score (nSPS) is 17.3. The molecule has 0 spiro atoms. The summed E-state index contributed by atoms with van der Waals surface area (Å²) in [5.41, 5.74) is 0.741. The van der Waals surface area contributed by atoms with E-state index in [2.05, 4.69) is 15.2 Å². The maximum Gasteiger partial charge on any atom is 0.325 e. The molecule has 18 heavy (non-hydrogen) atoms. The summed E-state index contributed by atoms with van der Waals surface area (Å²) in [6, 6.07) is 3.23. The number of anilines is 2. The second-order valence-corrected chi connectivity index (χ2v) is 4.66. The first kappa shape index (κ1) is 12.7. The molecule has 1 saturated heterocycles. The van der Waals surface area contributed by atoms with Crippen molar-refractivity contribution in [2.24, 2.45) is 0 Å². The largest absolute Gasteiger partial charge is 0.480 e. The molecule has 0 saturated carbocycles. The van der Waals surface area contributed by atoms with Crippen LogP contribution in [0, 0.1) is 0 Å². The maximum absolute atomic E-state index is 10.7. The Balaban J connectivity index is 1.98. The lowest BCUT2D eigenvalue weighted by atomic mass is 10.1. The number of aromatic nitrogens is 1. The van der Waals surface area contributed by atoms with E-state index in [-0.39, 0.29) is 0 Å². The lowest BCUT2D eigenvalue weighted by molar-refractivity contribution is -0.137. The van der Waals surface area contributed by atoms with Crippen LogP contribution < -0.4 is 10.2 Å². The van der Waals surface area contributed by atoms with Crippen molar-refractivity contribution >= 4 is 17.5 Å². The molecule has 1 aromatic heterocycles. The standard InChI is InChI=1S/C13H19N3O2/c1-10(13(17)18)15-11-5-6-12(14-9-11)16-7-3-2-4-8-16/h5-6,9-10,15H,2-4,7-8H2,1H3,(H,17,18). The summed E-state index contributed by atoms with van der Waals surface area (Å²) in [4.78, 5) is 17.4. The number of piperidine rings is 1. The molecule has 1 fully saturated rings. The van der Waals surface area contributed by atoms with Crippen molar-refractivity contribution in [3.8, 4) is 0 Å². The Bertz CT molecular complexity index is 399. The molecule has 5 heteroatoms. The number of rotatable bonds is 4. The van der Waals surface area contributed by atoms with Crippen LogP contribution in [0.15, 0.2) is 18.3 Å². The lowest BCUT2D eigenvalue weighted by Gasteiger charge is -2.27. The van der Waals surface area contributed by atoms with Crippen molar-refractivity contribution in [3.63, 3.8) is 0 Å². The van der Waals surface area contributed by atoms with Crippen LogP contribution in [-0.4, -0.2) is 35.2 Å². The van der Waals surface area contributed by atoms with Crippen molar-refractivity contribution in [2.45, 2.75) is 32.2 Å². The average Bonchev–Trinajstić information content (AvgIpc) is 2.40. The smallest absolute Gasteiger partial charge is 0.325 e. The van der Waals surface area contributed by atoms with E-state index in [0.29, 0.717) is 0 Å². The SMILES string of the molecule is CC(Nc1ccc(N2CCCCC2)nc1)C(=O)O. The number of carbonyl (C=O) groups is 1. The monoisotopic (exact) mass is 249 g/mol. The molecular weight excluding hydrogens is 230 g/mol. The third-order valence-electron chi connectivity index (χ3n) is 3.18. The van der Waals surface area contributed by atoms with Crippen LogP contribution >= 0.6 is 0 Å². The lowest BCUT2D eigenvalue weighted by Crippen LogP contribution is -2.30. The van der Waals surface area contributed by atoms with Crippen LogP contribution in [0.5, 0.6) is 0 Å². The van der Waals surface area contributed by atoms with E-state index in [1.165, 1.54) is 19.3 Å². The number of carboxylic acids is 1. The predicted octanol–water partition coefficient (Wildman–Crippen LogP) is 1.96. The highest BCUT2D eigenvalue weighted by Crippen LogP contribution is 2.19. The van der Waals surface area contributed by atoms with Gasteiger partial charge in [-0.1, -0.05) is 0 Å². The minimum atomic E-state index is -0.866. The van der Waals surface area contributed by atoms with Crippen LogP contribution in [-0.2, 0) is 4.79 Å². The number of aliphatic carboxylic acids is 1. The molecule has 2 heterocycles. The third kappa shape index (κ3) is 3.12. The molecule has 98 valence electrons. The first-order valence-corrected chi connectivity index (χ1v) is 6.37. The topological polar surface area (TPSA) is 65.5 Å². The molecule has 0 bridgehead atoms. The molecule has 5 nitrogen and oxygen atoms in total. The second-order valence-electron chi connectivity index (χ2n) is 4.66. The first-order valence-electron chi connectivity index (χ1n) is 6.37. The summed E-state index contributed by atoms with van der Waals surface area (Å²) in [5.74, 6) is 0.110. The second kappa shape index (κ2) is 5.71. The van der Waals surface area contributed by atoms with E-state index in [1.54, 1.807) is 13.1 Å². The van der Waals surface area contributed by atoms with Crippen molar-refractivity contribution in [1.82, 2.24) is 4.98 Å². The quantitative estimate of drug-likeness (QED) is 0.854. The highest BCUT2D eigenvalue weighted by molar-refractivity contribution is 5.76. The molecule has 2 N–H and O–H groups in total. The van der Waals surface area contributed by atoms with Crippen LogP contribution in [0.4, 0.5) is 11.5 Å². The first-order chi connectivity index (χ1) is 8.66.